The zero-order chi connectivity index (χ0) is 10.2. The molecule has 0 radical (unpaired) electrons. The number of hydrogen-bond donors (Lipinski definition) is 2. The van der Waals surface area contributed by atoms with Crippen molar-refractivity contribution in [3.63, 3.8) is 0 Å². The van der Waals surface area contributed by atoms with E-state index < -0.39 is 5.60 Å². The van der Waals surface area contributed by atoms with Gasteiger partial charge in [0.1, 0.15) is 5.60 Å². The Bertz CT molecular complexity index is 414. The molecule has 2 N–H and O–H groups in total. The number of aromatic amines is 1. The number of rotatable bonds is 2. The predicted molar refractivity (Wildman–Crippen MR) is 58.5 cm³/mol. The third kappa shape index (κ3) is 1.49. The van der Waals surface area contributed by atoms with Gasteiger partial charge in [-0.15, -0.1) is 11.3 Å². The van der Waals surface area contributed by atoms with E-state index >= 15 is 0 Å². The van der Waals surface area contributed by atoms with Crippen LogP contribution in [0.25, 0.3) is 0 Å². The molecule has 2 aromatic heterocycles. The van der Waals surface area contributed by atoms with E-state index in [2.05, 4.69) is 4.98 Å². The fraction of sp³-hybridized carbons (Fsp3) is 0.273. The minimum atomic E-state index is -0.900. The van der Waals surface area contributed by atoms with E-state index in [9.17, 15) is 5.11 Å². The summed E-state index contributed by atoms with van der Waals surface area (Å²) >= 11 is 1.62. The molecule has 0 aliphatic carbocycles. The van der Waals surface area contributed by atoms with Gasteiger partial charge >= 0.3 is 0 Å². The second kappa shape index (κ2) is 3.26. The van der Waals surface area contributed by atoms with Crippen LogP contribution in [0.3, 0.4) is 0 Å². The van der Waals surface area contributed by atoms with Crippen molar-refractivity contribution in [1.82, 2.24) is 4.98 Å². The van der Waals surface area contributed by atoms with E-state index in [-0.39, 0.29) is 0 Å². The molecular weight excluding hydrogens is 194 g/mol. The molecule has 0 saturated heterocycles. The second-order valence-corrected chi connectivity index (χ2v) is 4.85. The Kier molecular flexibility index (Phi) is 2.21. The number of nitrogens with one attached hydrogen (secondary N) is 1. The van der Waals surface area contributed by atoms with Gasteiger partial charge < -0.3 is 10.1 Å². The van der Waals surface area contributed by atoms with Crippen molar-refractivity contribution in [2.75, 3.05) is 0 Å². The van der Waals surface area contributed by atoms with Crippen LogP contribution in [-0.4, -0.2) is 10.1 Å². The monoisotopic (exact) mass is 207 g/mol. The van der Waals surface area contributed by atoms with Gasteiger partial charge in [0.25, 0.3) is 0 Å². The standard InChI is InChI=1S/C11H13NOS/c1-8-5-6-10(14-8)11(2,13)9-4-3-7-12-9/h3-7,12-13H,1-2H3. The Balaban J connectivity index is 2.42. The maximum atomic E-state index is 10.3. The molecule has 0 bridgehead atoms. The average molecular weight is 207 g/mol. The lowest BCUT2D eigenvalue weighted by molar-refractivity contribution is 0.102. The lowest BCUT2D eigenvalue weighted by Gasteiger charge is -2.20. The summed E-state index contributed by atoms with van der Waals surface area (Å²) in [5.74, 6) is 0. The molecule has 0 aliphatic heterocycles. The summed E-state index contributed by atoms with van der Waals surface area (Å²) in [5.41, 5.74) is -0.0676. The summed E-state index contributed by atoms with van der Waals surface area (Å²) in [6, 6.07) is 7.79. The van der Waals surface area contributed by atoms with Gasteiger partial charge in [-0.25, -0.2) is 0 Å². The number of hydrogen-bond acceptors (Lipinski definition) is 2. The van der Waals surface area contributed by atoms with Gasteiger partial charge in [0.2, 0.25) is 0 Å². The van der Waals surface area contributed by atoms with E-state index in [4.69, 9.17) is 0 Å². The number of thiophene rings is 1. The summed E-state index contributed by atoms with van der Waals surface area (Å²) in [6.45, 7) is 3.85. The molecule has 0 spiro atoms. The summed E-state index contributed by atoms with van der Waals surface area (Å²) < 4.78 is 0. The van der Waals surface area contributed by atoms with E-state index in [1.807, 2.05) is 44.3 Å². The average Bonchev–Trinajstić information content (AvgIpc) is 2.72. The van der Waals surface area contributed by atoms with Crippen molar-refractivity contribution in [2.45, 2.75) is 19.4 Å². The highest BCUT2D eigenvalue weighted by Crippen LogP contribution is 2.32. The Morgan fingerprint density at radius 3 is 2.64 bits per heavy atom. The number of H-pyrrole nitrogens is 1. The molecule has 0 amide bonds. The van der Waals surface area contributed by atoms with Crippen LogP contribution < -0.4 is 0 Å². The maximum Gasteiger partial charge on any atom is 0.135 e. The molecule has 3 heteroatoms. The van der Waals surface area contributed by atoms with E-state index in [0.717, 1.165) is 10.6 Å². The maximum absolute atomic E-state index is 10.3. The first-order valence-corrected chi connectivity index (χ1v) is 5.35. The molecule has 0 fully saturated rings. The van der Waals surface area contributed by atoms with E-state index in [1.54, 1.807) is 11.3 Å². The zero-order valence-corrected chi connectivity index (χ0v) is 9.06. The molecule has 2 aromatic rings. The minimum absolute atomic E-state index is 0.833. The van der Waals surface area contributed by atoms with Gasteiger partial charge in [-0.2, -0.15) is 0 Å². The van der Waals surface area contributed by atoms with Crippen LogP contribution in [0.1, 0.15) is 22.4 Å². The molecule has 1 atom stereocenters. The molecule has 0 aliphatic rings. The van der Waals surface area contributed by atoms with Gasteiger partial charge in [0, 0.05) is 16.0 Å². The van der Waals surface area contributed by atoms with Gasteiger partial charge in [-0.3, -0.25) is 0 Å². The minimum Gasteiger partial charge on any atom is -0.378 e. The Morgan fingerprint density at radius 1 is 1.36 bits per heavy atom. The molecular formula is C11H13NOS. The third-order valence-corrected chi connectivity index (χ3v) is 3.55. The first-order chi connectivity index (χ1) is 6.60. The Labute approximate surface area is 87.2 Å². The summed E-state index contributed by atoms with van der Waals surface area (Å²) in [7, 11) is 0. The highest BCUT2D eigenvalue weighted by Gasteiger charge is 2.27. The largest absolute Gasteiger partial charge is 0.378 e. The van der Waals surface area contributed by atoms with Crippen molar-refractivity contribution in [3.8, 4) is 0 Å². The quantitative estimate of drug-likeness (QED) is 0.780. The van der Waals surface area contributed by atoms with Crippen molar-refractivity contribution < 1.29 is 5.11 Å². The van der Waals surface area contributed by atoms with Crippen LogP contribution in [0.5, 0.6) is 0 Å². The smallest absolute Gasteiger partial charge is 0.135 e. The lowest BCUT2D eigenvalue weighted by Crippen LogP contribution is -2.21. The van der Waals surface area contributed by atoms with Crippen LogP contribution in [-0.2, 0) is 5.60 Å². The molecule has 74 valence electrons. The molecule has 2 rings (SSSR count). The Morgan fingerprint density at radius 2 is 2.14 bits per heavy atom. The van der Waals surface area contributed by atoms with Gasteiger partial charge in [-0.05, 0) is 38.1 Å². The fourth-order valence-electron chi connectivity index (χ4n) is 1.46. The third-order valence-electron chi connectivity index (χ3n) is 2.34. The molecule has 0 saturated carbocycles. The van der Waals surface area contributed by atoms with Crippen molar-refractivity contribution in [3.05, 3.63) is 45.9 Å². The molecule has 1 unspecified atom stereocenters. The van der Waals surface area contributed by atoms with Crippen LogP contribution >= 0.6 is 11.3 Å². The van der Waals surface area contributed by atoms with Crippen molar-refractivity contribution >= 4 is 11.3 Å². The van der Waals surface area contributed by atoms with Gasteiger partial charge in [-0.1, -0.05) is 0 Å². The molecule has 2 heterocycles. The number of aliphatic hydroxyl groups is 1. The highest BCUT2D eigenvalue weighted by molar-refractivity contribution is 7.12. The SMILES string of the molecule is Cc1ccc(C(C)(O)c2ccc[nH]2)s1. The van der Waals surface area contributed by atoms with Crippen LogP contribution in [0.15, 0.2) is 30.5 Å². The zero-order valence-electron chi connectivity index (χ0n) is 8.24. The van der Waals surface area contributed by atoms with Gasteiger partial charge in [0.05, 0.1) is 5.69 Å². The predicted octanol–water partition coefficient (Wildman–Crippen LogP) is 2.64. The van der Waals surface area contributed by atoms with Crippen molar-refractivity contribution in [1.29, 1.82) is 0 Å². The summed E-state index contributed by atoms with van der Waals surface area (Å²) in [6.07, 6.45) is 1.82. The topological polar surface area (TPSA) is 36.0 Å². The summed E-state index contributed by atoms with van der Waals surface area (Å²) in [4.78, 5) is 5.23. The number of aryl methyl sites for hydroxylation is 1. The van der Waals surface area contributed by atoms with Crippen LogP contribution in [0, 0.1) is 6.92 Å². The van der Waals surface area contributed by atoms with Gasteiger partial charge in [0.15, 0.2) is 0 Å². The molecule has 2 nitrogen and oxygen atoms in total. The van der Waals surface area contributed by atoms with Crippen molar-refractivity contribution in [2.24, 2.45) is 0 Å². The normalized spacial score (nSPS) is 15.4. The van der Waals surface area contributed by atoms with Crippen LogP contribution in [0.4, 0.5) is 0 Å². The fourth-order valence-corrected chi connectivity index (χ4v) is 2.39. The van der Waals surface area contributed by atoms with E-state index in [1.165, 1.54) is 4.88 Å². The second-order valence-electron chi connectivity index (χ2n) is 3.57. The van der Waals surface area contributed by atoms with Crippen LogP contribution in [0.2, 0.25) is 0 Å². The summed E-state index contributed by atoms with van der Waals surface area (Å²) in [5, 5.41) is 10.3. The Hall–Kier alpha value is -1.06. The lowest BCUT2D eigenvalue weighted by atomic mass is 10.0. The first-order valence-electron chi connectivity index (χ1n) is 4.54. The van der Waals surface area contributed by atoms with E-state index in [0.29, 0.717) is 0 Å². The molecule has 14 heavy (non-hydrogen) atoms. The highest BCUT2D eigenvalue weighted by atomic mass is 32.1. The first kappa shape index (κ1) is 9.49. The molecule has 0 aromatic carbocycles. The number of aromatic nitrogens is 1.